The Labute approximate surface area is 206 Å². The third-order valence-electron chi connectivity index (χ3n) is 6.77. The van der Waals surface area contributed by atoms with Crippen LogP contribution in [-0.2, 0) is 4.74 Å². The third-order valence-corrected chi connectivity index (χ3v) is 7.79. The Morgan fingerprint density at radius 2 is 1.88 bits per heavy atom. The highest BCUT2D eigenvalue weighted by atomic mass is 79.9. The van der Waals surface area contributed by atoms with Crippen molar-refractivity contribution in [3.63, 3.8) is 0 Å². The minimum Gasteiger partial charge on any atom is -0.381 e. The molecule has 3 heterocycles. The molecule has 0 unspecified atom stereocenters. The maximum atomic E-state index is 13.5. The van der Waals surface area contributed by atoms with Gasteiger partial charge in [-0.25, -0.2) is 0 Å². The first-order chi connectivity index (χ1) is 16.1. The highest BCUT2D eigenvalue weighted by Crippen LogP contribution is 2.42. The van der Waals surface area contributed by atoms with E-state index in [-0.39, 0.29) is 18.4 Å². The number of aromatic nitrogens is 2. The lowest BCUT2D eigenvalue weighted by Crippen LogP contribution is -2.27. The highest BCUT2D eigenvalue weighted by molar-refractivity contribution is 9.12. The number of halogens is 2. The number of hydrogen-bond acceptors (Lipinski definition) is 2. The summed E-state index contributed by atoms with van der Waals surface area (Å²) in [5.41, 5.74) is 5.67. The van der Waals surface area contributed by atoms with Crippen LogP contribution < -0.4 is 0 Å². The van der Waals surface area contributed by atoms with Crippen LogP contribution in [0.5, 0.6) is 0 Å². The lowest BCUT2D eigenvalue weighted by atomic mass is 9.86. The van der Waals surface area contributed by atoms with Gasteiger partial charge in [0.2, 0.25) is 0 Å². The molecule has 0 radical (unpaired) electrons. The van der Waals surface area contributed by atoms with Crippen LogP contribution in [0, 0.1) is 12.8 Å². The average Bonchev–Trinajstić information content (AvgIpc) is 3.40. The van der Waals surface area contributed by atoms with Crippen molar-refractivity contribution < 1.29 is 8.62 Å². The lowest BCUT2D eigenvalue weighted by Gasteiger charge is -2.33. The molecule has 0 saturated carbocycles. The fourth-order valence-corrected chi connectivity index (χ4v) is 5.81. The topological polar surface area (TPSA) is 19.1 Å². The van der Waals surface area contributed by atoms with Gasteiger partial charge in [-0.3, -0.25) is 3.97 Å². The van der Waals surface area contributed by atoms with Crippen molar-refractivity contribution >= 4 is 56.1 Å². The van der Waals surface area contributed by atoms with E-state index in [4.69, 9.17) is 4.74 Å². The summed E-state index contributed by atoms with van der Waals surface area (Å²) in [6.45, 7) is 7.68. The first-order valence-corrected chi connectivity index (χ1v) is 12.7. The van der Waals surface area contributed by atoms with Gasteiger partial charge in [0.25, 0.3) is 0 Å². The van der Waals surface area contributed by atoms with Crippen LogP contribution in [0.4, 0.5) is 3.89 Å². The van der Waals surface area contributed by atoms with E-state index in [1.54, 1.807) is 10.2 Å². The molecular formula is C27H26BrFN2OS. The fraction of sp³-hybridized carbons (Fsp3) is 0.259. The third kappa shape index (κ3) is 3.98. The van der Waals surface area contributed by atoms with Crippen LogP contribution in [0.1, 0.15) is 35.7 Å². The van der Waals surface area contributed by atoms with Gasteiger partial charge in [-0.15, -0.1) is 3.89 Å². The Bertz CT molecular complexity index is 1330. The molecule has 1 atom stereocenters. The molecule has 170 valence electrons. The number of aryl methyl sites for hydroxylation is 1. The van der Waals surface area contributed by atoms with Gasteiger partial charge < -0.3 is 9.30 Å². The number of allylic oxidation sites excluding steroid dienone is 2. The van der Waals surface area contributed by atoms with Crippen molar-refractivity contribution in [1.82, 2.24) is 8.54 Å². The molecule has 1 fully saturated rings. The molecule has 0 N–H and O–H groups in total. The van der Waals surface area contributed by atoms with Gasteiger partial charge in [0.15, 0.2) is 12.3 Å². The van der Waals surface area contributed by atoms with E-state index >= 15 is 0 Å². The number of ether oxygens (including phenoxy) is 1. The van der Waals surface area contributed by atoms with E-state index in [0.717, 1.165) is 52.7 Å². The van der Waals surface area contributed by atoms with Crippen molar-refractivity contribution in [3.05, 3.63) is 88.7 Å². The van der Waals surface area contributed by atoms with Crippen molar-refractivity contribution in [3.8, 4) is 0 Å². The Morgan fingerprint density at radius 3 is 2.58 bits per heavy atom. The van der Waals surface area contributed by atoms with E-state index in [0.29, 0.717) is 5.92 Å². The molecule has 4 aromatic rings. The standard InChI is InChI=1S/C27H26BrFN2OS/c1-3-21(28)17-25-18(2)26-22-11-14-30(33-29)23(22)9-10-24(26)31(25)27(19-7-5-4-6-8-19)20-12-15-32-16-13-20/h3-11,14,17,20,27H,1,12-13,15-16H2,2H3/b21-17+/t27-/m1/s1. The van der Waals surface area contributed by atoms with Gasteiger partial charge in [-0.05, 0) is 61.1 Å². The van der Waals surface area contributed by atoms with Gasteiger partial charge in [-0.2, -0.15) is 0 Å². The highest BCUT2D eigenvalue weighted by Gasteiger charge is 2.31. The summed E-state index contributed by atoms with van der Waals surface area (Å²) in [4.78, 5) is 0. The molecule has 2 aromatic heterocycles. The maximum absolute atomic E-state index is 13.5. The molecular weight excluding hydrogens is 499 g/mol. The number of fused-ring (bicyclic) bond motifs is 3. The lowest BCUT2D eigenvalue weighted by molar-refractivity contribution is 0.0547. The van der Waals surface area contributed by atoms with Crippen LogP contribution in [-0.4, -0.2) is 21.8 Å². The molecule has 5 rings (SSSR count). The summed E-state index contributed by atoms with van der Waals surface area (Å²) >= 11 is 3.89. The van der Waals surface area contributed by atoms with Gasteiger partial charge >= 0.3 is 0 Å². The molecule has 0 spiro atoms. The van der Waals surface area contributed by atoms with Crippen LogP contribution in [0.3, 0.4) is 0 Å². The van der Waals surface area contributed by atoms with Gasteiger partial charge in [0.1, 0.15) is 0 Å². The van der Waals surface area contributed by atoms with Crippen LogP contribution >= 0.6 is 28.3 Å². The Hall–Kier alpha value is -2.28. The van der Waals surface area contributed by atoms with Crippen LogP contribution in [0.25, 0.3) is 27.9 Å². The molecule has 1 aliphatic rings. The second-order valence-corrected chi connectivity index (χ2v) is 9.97. The Kier molecular flexibility index (Phi) is 6.50. The minimum absolute atomic E-state index is 0.165. The summed E-state index contributed by atoms with van der Waals surface area (Å²) in [6, 6.07) is 17.1. The van der Waals surface area contributed by atoms with Crippen LogP contribution in [0.15, 0.2) is 71.9 Å². The van der Waals surface area contributed by atoms with Crippen molar-refractivity contribution in [2.75, 3.05) is 13.2 Å². The molecule has 2 aromatic carbocycles. The largest absolute Gasteiger partial charge is 0.381 e. The normalized spacial score (nSPS) is 16.5. The smallest absolute Gasteiger partial charge is 0.169 e. The van der Waals surface area contributed by atoms with E-state index in [2.05, 4.69) is 76.5 Å². The first kappa shape index (κ1) is 22.5. The van der Waals surface area contributed by atoms with Crippen molar-refractivity contribution in [1.29, 1.82) is 0 Å². The van der Waals surface area contributed by atoms with Crippen LogP contribution in [0.2, 0.25) is 0 Å². The maximum Gasteiger partial charge on any atom is 0.169 e. The van der Waals surface area contributed by atoms with E-state index in [1.807, 2.05) is 18.2 Å². The summed E-state index contributed by atoms with van der Waals surface area (Å²) in [6.07, 6.45) is 7.81. The summed E-state index contributed by atoms with van der Waals surface area (Å²) in [5, 5.41) is 2.24. The fourth-order valence-electron chi connectivity index (χ4n) is 5.25. The SMILES string of the molecule is C=C/C(Br)=C\c1c(C)c2c3ccn(SF)c3ccc2n1[C@H](c1ccccc1)C1CCOCC1. The predicted octanol–water partition coefficient (Wildman–Crippen LogP) is 8.22. The molecule has 6 heteroatoms. The average molecular weight is 525 g/mol. The predicted molar refractivity (Wildman–Crippen MR) is 141 cm³/mol. The van der Waals surface area contributed by atoms with Crippen molar-refractivity contribution in [2.24, 2.45) is 5.92 Å². The summed E-state index contributed by atoms with van der Waals surface area (Å²) < 4.78 is 24.2. The zero-order valence-corrected chi connectivity index (χ0v) is 20.9. The van der Waals surface area contributed by atoms with E-state index in [9.17, 15) is 3.89 Å². The van der Waals surface area contributed by atoms with Gasteiger partial charge in [-0.1, -0.05) is 58.9 Å². The van der Waals surface area contributed by atoms with Crippen molar-refractivity contribution in [2.45, 2.75) is 25.8 Å². The molecule has 33 heavy (non-hydrogen) atoms. The second-order valence-electron chi connectivity index (χ2n) is 8.52. The number of rotatable bonds is 6. The quantitative estimate of drug-likeness (QED) is 0.236. The molecule has 0 amide bonds. The Morgan fingerprint density at radius 1 is 1.15 bits per heavy atom. The number of hydrogen-bond donors (Lipinski definition) is 0. The van der Waals surface area contributed by atoms with E-state index < -0.39 is 0 Å². The molecule has 3 nitrogen and oxygen atoms in total. The van der Waals surface area contributed by atoms with E-state index in [1.165, 1.54) is 16.5 Å². The summed E-state index contributed by atoms with van der Waals surface area (Å²) in [5.74, 6) is 0.451. The molecule has 0 bridgehead atoms. The number of benzene rings is 2. The molecule has 0 aliphatic carbocycles. The first-order valence-electron chi connectivity index (χ1n) is 11.2. The Balaban J connectivity index is 1.85. The monoisotopic (exact) mass is 524 g/mol. The molecule has 1 aliphatic heterocycles. The number of nitrogens with zero attached hydrogens (tertiary/aromatic N) is 2. The zero-order valence-electron chi connectivity index (χ0n) is 18.5. The van der Waals surface area contributed by atoms with Gasteiger partial charge in [0, 0.05) is 40.4 Å². The molecule has 1 saturated heterocycles. The zero-order chi connectivity index (χ0) is 22.9. The minimum atomic E-state index is 0.165. The second kappa shape index (κ2) is 9.53. The summed E-state index contributed by atoms with van der Waals surface area (Å²) in [7, 11) is 0. The van der Waals surface area contributed by atoms with Gasteiger partial charge in [0.05, 0.1) is 17.1 Å².